The monoisotopic (exact) mass is 429 g/mol. The van der Waals surface area contributed by atoms with Crippen LogP contribution in [-0.2, 0) is 16.1 Å². The number of nitrogens with zero attached hydrogens (tertiary/aromatic N) is 3. The lowest BCUT2D eigenvalue weighted by Crippen LogP contribution is -2.44. The minimum absolute atomic E-state index is 0.0194. The first kappa shape index (κ1) is 21.5. The fraction of sp³-hybridized carbons (Fsp3) is 0.300. The maximum Gasteiger partial charge on any atom is 0.242 e. The van der Waals surface area contributed by atoms with Gasteiger partial charge in [0.1, 0.15) is 5.02 Å². The van der Waals surface area contributed by atoms with Gasteiger partial charge in [0.2, 0.25) is 11.9 Å². The molecule has 0 saturated carbocycles. The molecule has 4 N–H and O–H groups in total. The zero-order chi connectivity index (χ0) is 21.2. The van der Waals surface area contributed by atoms with Crippen molar-refractivity contribution in [2.75, 3.05) is 43.5 Å². The molecule has 3 rings (SSSR count). The molecule has 0 radical (unpaired) electrons. The Morgan fingerprint density at radius 3 is 2.77 bits per heavy atom. The average Bonchev–Trinajstić information content (AvgIpc) is 2.79. The van der Waals surface area contributed by atoms with E-state index in [1.165, 1.54) is 6.20 Å². The lowest BCUT2D eigenvalue weighted by Gasteiger charge is -2.26. The van der Waals surface area contributed by atoms with Gasteiger partial charge in [0.25, 0.3) is 0 Å². The molecule has 1 fully saturated rings. The maximum atomic E-state index is 12.2. The van der Waals surface area contributed by atoms with Crippen molar-refractivity contribution in [1.29, 1.82) is 5.41 Å². The number of nitrogens with one attached hydrogen (secondary N) is 4. The fourth-order valence-corrected chi connectivity index (χ4v) is 2.91. The predicted octanol–water partition coefficient (Wildman–Crippen LogP) is 2.09. The van der Waals surface area contributed by atoms with E-state index in [0.29, 0.717) is 49.4 Å². The van der Waals surface area contributed by atoms with Crippen LogP contribution in [0.4, 0.5) is 11.8 Å². The summed E-state index contributed by atoms with van der Waals surface area (Å²) >= 11 is 6.19. The fourth-order valence-electron chi connectivity index (χ4n) is 2.75. The van der Waals surface area contributed by atoms with Crippen LogP contribution >= 0.6 is 11.6 Å². The van der Waals surface area contributed by atoms with Gasteiger partial charge in [-0.1, -0.05) is 41.9 Å². The Bertz CT molecular complexity index is 886. The van der Waals surface area contributed by atoms with Crippen LogP contribution in [0, 0.1) is 5.41 Å². The Morgan fingerprint density at radius 2 is 2.03 bits per heavy atom. The van der Waals surface area contributed by atoms with Gasteiger partial charge >= 0.3 is 0 Å². The number of hydrogen-bond donors (Lipinski definition) is 4. The minimum atomic E-state index is -0.0194. The van der Waals surface area contributed by atoms with Crippen molar-refractivity contribution in [1.82, 2.24) is 20.2 Å². The molecule has 158 valence electrons. The lowest BCUT2D eigenvalue weighted by atomic mass is 10.2. The second-order valence-corrected chi connectivity index (χ2v) is 6.88. The van der Waals surface area contributed by atoms with Crippen LogP contribution in [0.5, 0.6) is 0 Å². The van der Waals surface area contributed by atoms with Gasteiger partial charge in [-0.25, -0.2) is 4.98 Å². The zero-order valence-corrected chi connectivity index (χ0v) is 17.2. The Labute approximate surface area is 180 Å². The zero-order valence-electron chi connectivity index (χ0n) is 16.4. The van der Waals surface area contributed by atoms with E-state index in [-0.39, 0.29) is 18.4 Å². The third-order valence-electron chi connectivity index (χ3n) is 4.33. The molecule has 1 aliphatic heterocycles. The third-order valence-corrected chi connectivity index (χ3v) is 4.61. The van der Waals surface area contributed by atoms with E-state index >= 15 is 0 Å². The molecule has 1 aromatic heterocycles. The maximum absolute atomic E-state index is 12.2. The molecule has 1 amide bonds. The van der Waals surface area contributed by atoms with Gasteiger partial charge in [0, 0.05) is 32.0 Å². The summed E-state index contributed by atoms with van der Waals surface area (Å²) in [6.07, 6.45) is 4.14. The van der Waals surface area contributed by atoms with Gasteiger partial charge in [0.05, 0.1) is 31.7 Å². The molecule has 30 heavy (non-hydrogen) atoms. The summed E-state index contributed by atoms with van der Waals surface area (Å²) in [5.74, 6) is 0.748. The smallest absolute Gasteiger partial charge is 0.242 e. The normalized spacial score (nSPS) is 14.2. The molecule has 9 nitrogen and oxygen atoms in total. The number of halogens is 1. The number of allylic oxidation sites excluding steroid dienone is 1. The van der Waals surface area contributed by atoms with Crippen LogP contribution < -0.4 is 16.0 Å². The topological polar surface area (TPSA) is 115 Å². The summed E-state index contributed by atoms with van der Waals surface area (Å²) in [6, 6.07) is 9.88. The first-order valence-corrected chi connectivity index (χ1v) is 9.90. The largest absolute Gasteiger partial charge is 0.380 e. The molecule has 10 heteroatoms. The van der Waals surface area contributed by atoms with Crippen LogP contribution in [-0.4, -0.2) is 59.8 Å². The van der Waals surface area contributed by atoms with E-state index in [9.17, 15) is 4.79 Å². The Hall–Kier alpha value is -3.17. The molecule has 0 bridgehead atoms. The van der Waals surface area contributed by atoms with E-state index < -0.39 is 0 Å². The van der Waals surface area contributed by atoms with Crippen LogP contribution in [0.1, 0.15) is 5.56 Å². The Balaban J connectivity index is 1.55. The Morgan fingerprint density at radius 1 is 1.27 bits per heavy atom. The van der Waals surface area contributed by atoms with Crippen LogP contribution in [0.15, 0.2) is 48.4 Å². The highest BCUT2D eigenvalue weighted by atomic mass is 35.5. The van der Waals surface area contributed by atoms with Crippen molar-refractivity contribution < 1.29 is 9.53 Å². The number of benzene rings is 1. The van der Waals surface area contributed by atoms with Gasteiger partial charge in [0.15, 0.2) is 5.82 Å². The van der Waals surface area contributed by atoms with Crippen LogP contribution in [0.3, 0.4) is 0 Å². The molecular weight excluding hydrogens is 406 g/mol. The molecular formula is C20H24ClN7O2. The minimum Gasteiger partial charge on any atom is -0.380 e. The van der Waals surface area contributed by atoms with E-state index in [1.807, 2.05) is 30.3 Å². The summed E-state index contributed by atoms with van der Waals surface area (Å²) in [5, 5.41) is 17.0. The number of carbonyl (C=O) groups excluding carboxylic acids is 1. The second-order valence-electron chi connectivity index (χ2n) is 6.47. The summed E-state index contributed by atoms with van der Waals surface area (Å²) in [6.45, 7) is 3.00. The standard InChI is InChI=1S/C20H24ClN7O2/c21-17-13-25-20(27-19(17)24-11-15-4-2-1-3-5-15)26-16(10-22)12-23-14-18(29)28-6-8-30-9-7-28/h1-5,10,12-13,22-23H,6-9,11,14H2,(H2,24,25,26,27)/b16-12+,22-10?. The summed E-state index contributed by atoms with van der Waals surface area (Å²) in [4.78, 5) is 22.4. The lowest BCUT2D eigenvalue weighted by molar-refractivity contribution is -0.134. The molecule has 0 aliphatic carbocycles. The predicted molar refractivity (Wildman–Crippen MR) is 117 cm³/mol. The third kappa shape index (κ3) is 6.43. The Kier molecular flexibility index (Phi) is 7.99. The molecule has 0 unspecified atom stereocenters. The van der Waals surface area contributed by atoms with Crippen molar-refractivity contribution in [2.24, 2.45) is 0 Å². The van der Waals surface area contributed by atoms with E-state index in [4.69, 9.17) is 21.7 Å². The highest BCUT2D eigenvalue weighted by Gasteiger charge is 2.15. The second kappa shape index (κ2) is 11.1. The van der Waals surface area contributed by atoms with Crippen LogP contribution in [0.25, 0.3) is 0 Å². The van der Waals surface area contributed by atoms with Crippen molar-refractivity contribution in [2.45, 2.75) is 6.54 Å². The van der Waals surface area contributed by atoms with Gasteiger partial charge in [-0.15, -0.1) is 0 Å². The number of hydrogen-bond acceptors (Lipinski definition) is 8. The number of aromatic nitrogens is 2. The van der Waals surface area contributed by atoms with Gasteiger partial charge in [-0.05, 0) is 5.56 Å². The van der Waals surface area contributed by atoms with Crippen molar-refractivity contribution >= 4 is 35.5 Å². The molecule has 0 atom stereocenters. The van der Waals surface area contributed by atoms with Crippen molar-refractivity contribution in [3.63, 3.8) is 0 Å². The molecule has 1 aromatic carbocycles. The highest BCUT2D eigenvalue weighted by molar-refractivity contribution is 6.32. The summed E-state index contributed by atoms with van der Waals surface area (Å²) < 4.78 is 5.24. The first-order chi connectivity index (χ1) is 14.7. The molecule has 2 heterocycles. The van der Waals surface area contributed by atoms with E-state index in [1.54, 1.807) is 11.1 Å². The SMILES string of the molecule is N=C/C(=C\NCC(=O)N1CCOCC1)Nc1ncc(Cl)c(NCc2ccccc2)n1. The first-order valence-electron chi connectivity index (χ1n) is 9.52. The number of anilines is 2. The number of carbonyl (C=O) groups is 1. The number of rotatable bonds is 9. The quantitative estimate of drug-likeness (QED) is 0.451. The summed E-state index contributed by atoms with van der Waals surface area (Å²) in [5.41, 5.74) is 1.50. The van der Waals surface area contributed by atoms with Crippen molar-refractivity contribution in [3.05, 3.63) is 59.0 Å². The van der Waals surface area contributed by atoms with Crippen molar-refractivity contribution in [3.8, 4) is 0 Å². The number of ether oxygens (including phenoxy) is 1. The number of morpholine rings is 1. The van der Waals surface area contributed by atoms with E-state index in [0.717, 1.165) is 11.8 Å². The average molecular weight is 430 g/mol. The number of amides is 1. The van der Waals surface area contributed by atoms with E-state index in [2.05, 4.69) is 25.9 Å². The summed E-state index contributed by atoms with van der Waals surface area (Å²) in [7, 11) is 0. The molecule has 1 aliphatic rings. The molecule has 2 aromatic rings. The van der Waals surface area contributed by atoms with Gasteiger partial charge in [-0.2, -0.15) is 4.98 Å². The van der Waals surface area contributed by atoms with Gasteiger partial charge < -0.3 is 31.0 Å². The highest BCUT2D eigenvalue weighted by Crippen LogP contribution is 2.20. The van der Waals surface area contributed by atoms with Crippen LogP contribution in [0.2, 0.25) is 5.02 Å². The molecule has 0 spiro atoms. The van der Waals surface area contributed by atoms with Gasteiger partial charge in [-0.3, -0.25) is 4.79 Å². The molecule has 1 saturated heterocycles.